The van der Waals surface area contributed by atoms with Gasteiger partial charge in [-0.05, 0) is 112 Å². The van der Waals surface area contributed by atoms with Crippen LogP contribution in [0.3, 0.4) is 0 Å². The second kappa shape index (κ2) is 14.3. The van der Waals surface area contributed by atoms with Crippen LogP contribution in [0.25, 0.3) is 11.1 Å². The van der Waals surface area contributed by atoms with Crippen LogP contribution in [0.5, 0.6) is 5.75 Å². The number of ether oxygens (including phenoxy) is 1. The van der Waals surface area contributed by atoms with Gasteiger partial charge >= 0.3 is 6.36 Å². The van der Waals surface area contributed by atoms with Gasteiger partial charge in [-0.2, -0.15) is 0 Å². The molecule has 2 N–H and O–H groups in total. The third-order valence-corrected chi connectivity index (χ3v) is 10.6. The van der Waals surface area contributed by atoms with Crippen molar-refractivity contribution in [3.8, 4) is 16.9 Å². The second-order valence-electron chi connectivity index (χ2n) is 13.7. The Morgan fingerprint density at radius 3 is 2.16 bits per heavy atom. The number of hydrogen-bond acceptors (Lipinski definition) is 7. The first kappa shape index (κ1) is 34.5. The summed E-state index contributed by atoms with van der Waals surface area (Å²) in [4.78, 5) is 40.4. The molecule has 6 rings (SSSR count). The van der Waals surface area contributed by atoms with Crippen LogP contribution in [0.15, 0.2) is 53.5 Å². The average molecular weight is 680 g/mol. The number of carbonyl (C=O) groups excluding carboxylic acids is 2. The molecule has 0 spiro atoms. The molecule has 3 aliphatic rings. The van der Waals surface area contributed by atoms with Crippen molar-refractivity contribution in [3.05, 3.63) is 75.7 Å². The van der Waals surface area contributed by atoms with E-state index in [9.17, 15) is 27.6 Å². The van der Waals surface area contributed by atoms with E-state index >= 15 is 0 Å². The number of piperidine rings is 3. The molecule has 3 fully saturated rings. The monoisotopic (exact) mass is 679 g/mol. The molecule has 3 aromatic rings. The maximum Gasteiger partial charge on any atom is 0.573 e. The minimum absolute atomic E-state index is 0.133. The van der Waals surface area contributed by atoms with Gasteiger partial charge in [0.1, 0.15) is 11.8 Å². The summed E-state index contributed by atoms with van der Waals surface area (Å²) >= 11 is 0. The number of alkyl halides is 3. The number of nitrogens with one attached hydrogen (secondary N) is 2. The Bertz CT molecular complexity index is 1740. The Morgan fingerprint density at radius 1 is 0.878 bits per heavy atom. The number of hydrogen-bond donors (Lipinski definition) is 2. The molecule has 3 saturated heterocycles. The number of benzene rings is 2. The van der Waals surface area contributed by atoms with E-state index in [1.54, 1.807) is 33.2 Å². The van der Waals surface area contributed by atoms with Crippen LogP contribution in [0.1, 0.15) is 55.2 Å². The zero-order valence-electron chi connectivity index (χ0n) is 28.2. The Kier molecular flexibility index (Phi) is 10.1. The van der Waals surface area contributed by atoms with Crippen LogP contribution < -0.4 is 25.8 Å². The van der Waals surface area contributed by atoms with Crippen LogP contribution in [-0.4, -0.2) is 59.9 Å². The first-order valence-corrected chi connectivity index (χ1v) is 17.1. The van der Waals surface area contributed by atoms with Gasteiger partial charge in [0.25, 0.3) is 5.56 Å². The van der Waals surface area contributed by atoms with Crippen LogP contribution in [-0.2, 0) is 23.2 Å². The van der Waals surface area contributed by atoms with Crippen molar-refractivity contribution in [1.82, 2.24) is 14.8 Å². The number of aromatic nitrogens is 1. The molecular weight excluding hydrogens is 635 g/mol. The minimum Gasteiger partial charge on any atom is -0.405 e. The van der Waals surface area contributed by atoms with E-state index in [4.69, 9.17) is 0 Å². The van der Waals surface area contributed by atoms with Gasteiger partial charge in [0.2, 0.25) is 11.8 Å². The number of anilines is 2. The van der Waals surface area contributed by atoms with E-state index in [0.29, 0.717) is 53.5 Å². The highest BCUT2D eigenvalue weighted by Crippen LogP contribution is 2.37. The Morgan fingerprint density at radius 2 is 1.53 bits per heavy atom. The number of likely N-dealkylation sites (tertiary alicyclic amines) is 1. The van der Waals surface area contributed by atoms with Gasteiger partial charge < -0.3 is 19.5 Å². The van der Waals surface area contributed by atoms with Crippen molar-refractivity contribution in [1.29, 1.82) is 0 Å². The summed E-state index contributed by atoms with van der Waals surface area (Å²) in [6.07, 6.45) is 1.86. The summed E-state index contributed by atoms with van der Waals surface area (Å²) in [5, 5.41) is 5.60. The van der Waals surface area contributed by atoms with Crippen LogP contribution in [0, 0.1) is 25.7 Å². The number of halogens is 3. The van der Waals surface area contributed by atoms with E-state index in [2.05, 4.69) is 37.3 Å². The lowest BCUT2D eigenvalue weighted by atomic mass is 9.78. The molecular formula is C37H44F3N5O4. The van der Waals surface area contributed by atoms with Crippen molar-refractivity contribution >= 4 is 23.2 Å². The van der Waals surface area contributed by atoms with Crippen molar-refractivity contribution in [2.24, 2.45) is 18.9 Å². The summed E-state index contributed by atoms with van der Waals surface area (Å²) in [5.74, 6) is 0.483. The van der Waals surface area contributed by atoms with Gasteiger partial charge in [0.15, 0.2) is 0 Å². The molecule has 1 unspecified atom stereocenters. The molecule has 0 aliphatic carbocycles. The van der Waals surface area contributed by atoms with Gasteiger partial charge in [-0.15, -0.1) is 13.2 Å². The van der Waals surface area contributed by atoms with Crippen LogP contribution in [0.4, 0.5) is 24.5 Å². The summed E-state index contributed by atoms with van der Waals surface area (Å²) in [6.45, 7) is 7.46. The molecule has 4 heterocycles. The summed E-state index contributed by atoms with van der Waals surface area (Å²) in [5.41, 5.74) is 4.92. The van der Waals surface area contributed by atoms with E-state index in [1.807, 2.05) is 18.2 Å². The van der Waals surface area contributed by atoms with Gasteiger partial charge in [-0.25, -0.2) is 0 Å². The lowest BCUT2D eigenvalue weighted by Crippen LogP contribution is -2.47. The highest BCUT2D eigenvalue weighted by molar-refractivity contribution is 6.01. The molecule has 12 heteroatoms. The zero-order chi connectivity index (χ0) is 34.9. The molecule has 262 valence electrons. The fourth-order valence-electron chi connectivity index (χ4n) is 7.59. The topological polar surface area (TPSA) is 95.9 Å². The highest BCUT2D eigenvalue weighted by atomic mass is 19.4. The Labute approximate surface area is 284 Å². The molecule has 3 aliphatic heterocycles. The largest absolute Gasteiger partial charge is 0.573 e. The van der Waals surface area contributed by atoms with E-state index < -0.39 is 12.4 Å². The van der Waals surface area contributed by atoms with Gasteiger partial charge in [0, 0.05) is 67.4 Å². The number of nitrogens with zero attached hydrogens (tertiary/aromatic N) is 3. The fraction of sp³-hybridized carbons (Fsp3) is 0.486. The third kappa shape index (κ3) is 8.12. The predicted octanol–water partition coefficient (Wildman–Crippen LogP) is 5.91. The fourth-order valence-corrected chi connectivity index (χ4v) is 7.59. The summed E-state index contributed by atoms with van der Waals surface area (Å²) < 4.78 is 46.5. The molecule has 2 aromatic carbocycles. The molecule has 9 nitrogen and oxygen atoms in total. The number of aryl methyl sites for hydroxylation is 1. The number of carbonyl (C=O) groups is 2. The Hall–Kier alpha value is -4.32. The second-order valence-corrected chi connectivity index (χ2v) is 13.7. The zero-order valence-corrected chi connectivity index (χ0v) is 28.2. The van der Waals surface area contributed by atoms with Crippen molar-refractivity contribution in [2.45, 2.75) is 71.3 Å². The number of imide groups is 1. The quantitative estimate of drug-likeness (QED) is 0.286. The standard InChI is InChI=1S/C37H44F3N5O4/c1-23-24(2)36(48)43(3)22-31(23)27-4-5-28(33(20-27)49-37(38,39)40)21-44-16-12-25(13-17-44)26-14-18-45(19-15-26)30-8-6-29(7-9-30)41-32-10-11-34(46)42-35(32)47/h4-9,20,22,25-26,32,41H,10-19,21H2,1-3H3,(H,42,46,47). The molecule has 1 aromatic heterocycles. The summed E-state index contributed by atoms with van der Waals surface area (Å²) in [7, 11) is 1.64. The first-order chi connectivity index (χ1) is 23.3. The van der Waals surface area contributed by atoms with Crippen LogP contribution >= 0.6 is 0 Å². The summed E-state index contributed by atoms with van der Waals surface area (Å²) in [6, 6.07) is 12.7. The average Bonchev–Trinajstić information content (AvgIpc) is 3.08. The van der Waals surface area contributed by atoms with Crippen molar-refractivity contribution in [3.63, 3.8) is 0 Å². The number of rotatable bonds is 8. The van der Waals surface area contributed by atoms with E-state index in [-0.39, 0.29) is 23.1 Å². The van der Waals surface area contributed by atoms with Crippen molar-refractivity contribution in [2.75, 3.05) is 36.4 Å². The molecule has 2 amide bonds. The van der Waals surface area contributed by atoms with E-state index in [1.165, 1.54) is 10.6 Å². The van der Waals surface area contributed by atoms with E-state index in [0.717, 1.165) is 68.8 Å². The lowest BCUT2D eigenvalue weighted by Gasteiger charge is -2.41. The maximum absolute atomic E-state index is 13.5. The molecule has 1 atom stereocenters. The van der Waals surface area contributed by atoms with Crippen LogP contribution in [0.2, 0.25) is 0 Å². The number of pyridine rings is 1. The third-order valence-electron chi connectivity index (χ3n) is 10.6. The van der Waals surface area contributed by atoms with Gasteiger partial charge in [-0.3, -0.25) is 24.6 Å². The minimum atomic E-state index is -4.82. The highest BCUT2D eigenvalue weighted by Gasteiger charge is 2.34. The Balaban J connectivity index is 1.02. The first-order valence-electron chi connectivity index (χ1n) is 17.1. The molecule has 0 bridgehead atoms. The smallest absolute Gasteiger partial charge is 0.405 e. The molecule has 49 heavy (non-hydrogen) atoms. The molecule has 0 radical (unpaired) electrons. The molecule has 0 saturated carbocycles. The normalized spacial score (nSPS) is 20.0. The predicted molar refractivity (Wildman–Crippen MR) is 182 cm³/mol. The number of amides is 2. The van der Waals surface area contributed by atoms with Gasteiger partial charge in [-0.1, -0.05) is 12.1 Å². The maximum atomic E-state index is 13.5. The lowest BCUT2D eigenvalue weighted by molar-refractivity contribution is -0.275. The SMILES string of the molecule is Cc1c(-c2ccc(CN3CCC(C4CCN(c5ccc(NC6CCC(=O)NC6=O)cc5)CC4)CC3)c(OC(F)(F)F)c2)cn(C)c(=O)c1C. The van der Waals surface area contributed by atoms with Gasteiger partial charge in [0.05, 0.1) is 0 Å². The van der Waals surface area contributed by atoms with Crippen molar-refractivity contribution < 1.29 is 27.5 Å².